The lowest BCUT2D eigenvalue weighted by atomic mass is 10.1. The third kappa shape index (κ3) is 6.33. The summed E-state index contributed by atoms with van der Waals surface area (Å²) in [6.07, 6.45) is 3.15. The van der Waals surface area contributed by atoms with Gasteiger partial charge in [0.05, 0.1) is 12.1 Å². The number of nitrogens with zero attached hydrogens (tertiary/aromatic N) is 4. The molecule has 2 aromatic rings. The minimum atomic E-state index is 0.376. The number of anilines is 3. The molecule has 0 spiro atoms. The Kier molecular flexibility index (Phi) is 7.71. The first kappa shape index (κ1) is 21.4. The predicted octanol–water partition coefficient (Wildman–Crippen LogP) is 3.47. The van der Waals surface area contributed by atoms with E-state index < -0.39 is 0 Å². The summed E-state index contributed by atoms with van der Waals surface area (Å²) in [6.45, 7) is 5.62. The van der Waals surface area contributed by atoms with Crippen LogP contribution in [-0.2, 0) is 6.54 Å². The summed E-state index contributed by atoms with van der Waals surface area (Å²) in [4.78, 5) is 15.9. The van der Waals surface area contributed by atoms with E-state index in [1.54, 1.807) is 7.11 Å². The fraction of sp³-hybridized carbons (Fsp3) is 0.550. The van der Waals surface area contributed by atoms with Crippen LogP contribution in [0, 0.1) is 0 Å². The predicted molar refractivity (Wildman–Crippen MR) is 118 cm³/mol. The Morgan fingerprint density at radius 2 is 1.79 bits per heavy atom. The van der Waals surface area contributed by atoms with Crippen molar-refractivity contribution in [3.8, 4) is 5.75 Å². The van der Waals surface area contributed by atoms with E-state index in [1.807, 2.05) is 18.2 Å². The van der Waals surface area contributed by atoms with E-state index >= 15 is 0 Å². The number of halogens is 1. The number of rotatable bonds is 9. The standard InChI is InChI=1S/C20H30ClN7O/c1-4-9-22-18-25-19(23-13-14-5-6-17(29-3)16(21)12-14)27-20(26-18)24-15-7-10-28(2)11-8-15/h5-6,12,15H,4,7-11,13H2,1-3H3,(H3,22,23,24,25,26,27). The molecule has 1 aliphatic rings. The Bertz CT molecular complexity index is 796. The maximum absolute atomic E-state index is 6.22. The third-order valence-corrected chi connectivity index (χ3v) is 5.18. The normalized spacial score (nSPS) is 15.2. The van der Waals surface area contributed by atoms with Gasteiger partial charge in [0, 0.05) is 19.1 Å². The summed E-state index contributed by atoms with van der Waals surface area (Å²) in [5, 5.41) is 10.6. The van der Waals surface area contributed by atoms with Gasteiger partial charge in [0.2, 0.25) is 17.8 Å². The molecule has 8 nitrogen and oxygen atoms in total. The molecular weight excluding hydrogens is 390 g/mol. The van der Waals surface area contributed by atoms with Gasteiger partial charge in [-0.25, -0.2) is 0 Å². The highest BCUT2D eigenvalue weighted by atomic mass is 35.5. The van der Waals surface area contributed by atoms with Gasteiger partial charge in [0.1, 0.15) is 5.75 Å². The minimum Gasteiger partial charge on any atom is -0.495 e. The van der Waals surface area contributed by atoms with E-state index in [2.05, 4.69) is 49.8 Å². The summed E-state index contributed by atoms with van der Waals surface area (Å²) in [5.41, 5.74) is 1.02. The van der Waals surface area contributed by atoms with Crippen LogP contribution >= 0.6 is 11.6 Å². The van der Waals surface area contributed by atoms with Gasteiger partial charge in [-0.15, -0.1) is 0 Å². The molecule has 3 N–H and O–H groups in total. The highest BCUT2D eigenvalue weighted by Gasteiger charge is 2.18. The molecule has 1 aliphatic heterocycles. The summed E-state index contributed by atoms with van der Waals surface area (Å²) in [7, 11) is 3.76. The molecule has 1 fully saturated rings. The number of piperidine rings is 1. The Labute approximate surface area is 177 Å². The van der Waals surface area contributed by atoms with Gasteiger partial charge >= 0.3 is 0 Å². The van der Waals surface area contributed by atoms with Crippen molar-refractivity contribution < 1.29 is 4.74 Å². The van der Waals surface area contributed by atoms with Crippen LogP contribution in [0.4, 0.5) is 17.8 Å². The van der Waals surface area contributed by atoms with Crippen molar-refractivity contribution in [1.82, 2.24) is 19.9 Å². The van der Waals surface area contributed by atoms with Crippen molar-refractivity contribution in [2.75, 3.05) is 49.7 Å². The molecule has 1 aromatic carbocycles. The van der Waals surface area contributed by atoms with Gasteiger partial charge in [-0.05, 0) is 57.1 Å². The molecule has 0 radical (unpaired) electrons. The summed E-state index contributed by atoms with van der Waals surface area (Å²) >= 11 is 6.22. The zero-order valence-electron chi connectivity index (χ0n) is 17.3. The van der Waals surface area contributed by atoms with E-state index in [4.69, 9.17) is 16.3 Å². The highest BCUT2D eigenvalue weighted by molar-refractivity contribution is 6.32. The van der Waals surface area contributed by atoms with E-state index in [9.17, 15) is 0 Å². The van der Waals surface area contributed by atoms with Crippen LogP contribution in [0.2, 0.25) is 5.02 Å². The Morgan fingerprint density at radius 3 is 2.45 bits per heavy atom. The highest BCUT2D eigenvalue weighted by Crippen LogP contribution is 2.25. The quantitative estimate of drug-likeness (QED) is 0.569. The number of ether oxygens (including phenoxy) is 1. The molecule has 0 bridgehead atoms. The molecule has 0 atom stereocenters. The molecule has 0 saturated carbocycles. The zero-order chi connectivity index (χ0) is 20.6. The van der Waals surface area contributed by atoms with Crippen LogP contribution in [0.3, 0.4) is 0 Å². The number of hydrogen-bond donors (Lipinski definition) is 3. The van der Waals surface area contributed by atoms with Gasteiger partial charge < -0.3 is 25.6 Å². The lowest BCUT2D eigenvalue weighted by Crippen LogP contribution is -2.37. The lowest BCUT2D eigenvalue weighted by Gasteiger charge is -2.29. The fourth-order valence-corrected chi connectivity index (χ4v) is 3.45. The number of likely N-dealkylation sites (tertiary alicyclic amines) is 1. The van der Waals surface area contributed by atoms with E-state index in [1.165, 1.54) is 0 Å². The molecular formula is C20H30ClN7O. The topological polar surface area (TPSA) is 87.2 Å². The van der Waals surface area contributed by atoms with Crippen molar-refractivity contribution in [2.24, 2.45) is 0 Å². The van der Waals surface area contributed by atoms with Crippen LogP contribution in [0.25, 0.3) is 0 Å². The lowest BCUT2D eigenvalue weighted by molar-refractivity contribution is 0.263. The van der Waals surface area contributed by atoms with E-state index in [0.717, 1.165) is 44.5 Å². The molecule has 0 unspecified atom stereocenters. The minimum absolute atomic E-state index is 0.376. The number of benzene rings is 1. The Hall–Kier alpha value is -2.32. The van der Waals surface area contributed by atoms with Gasteiger partial charge in [0.15, 0.2) is 0 Å². The molecule has 9 heteroatoms. The molecule has 0 aliphatic carbocycles. The fourth-order valence-electron chi connectivity index (χ4n) is 3.17. The van der Waals surface area contributed by atoms with Crippen molar-refractivity contribution in [2.45, 2.75) is 38.8 Å². The number of aromatic nitrogens is 3. The summed E-state index contributed by atoms with van der Waals surface area (Å²) in [6, 6.07) is 6.07. The van der Waals surface area contributed by atoms with Crippen LogP contribution in [0.1, 0.15) is 31.7 Å². The van der Waals surface area contributed by atoms with Gasteiger partial charge in [-0.3, -0.25) is 0 Å². The maximum Gasteiger partial charge on any atom is 0.229 e. The van der Waals surface area contributed by atoms with Crippen LogP contribution in [-0.4, -0.2) is 59.7 Å². The van der Waals surface area contributed by atoms with Gasteiger partial charge in [-0.2, -0.15) is 15.0 Å². The van der Waals surface area contributed by atoms with Crippen molar-refractivity contribution in [3.63, 3.8) is 0 Å². The first-order valence-electron chi connectivity index (χ1n) is 10.1. The van der Waals surface area contributed by atoms with Crippen molar-refractivity contribution in [3.05, 3.63) is 28.8 Å². The van der Waals surface area contributed by atoms with Crippen molar-refractivity contribution >= 4 is 29.4 Å². The van der Waals surface area contributed by atoms with Crippen LogP contribution in [0.5, 0.6) is 5.75 Å². The monoisotopic (exact) mass is 419 g/mol. The SMILES string of the molecule is CCCNc1nc(NCc2ccc(OC)c(Cl)c2)nc(NC2CCN(C)CC2)n1. The smallest absolute Gasteiger partial charge is 0.229 e. The average molecular weight is 420 g/mol. The average Bonchev–Trinajstić information content (AvgIpc) is 2.72. The zero-order valence-corrected chi connectivity index (χ0v) is 18.1. The van der Waals surface area contributed by atoms with Crippen LogP contribution in [0.15, 0.2) is 18.2 Å². The molecule has 2 heterocycles. The number of hydrogen-bond acceptors (Lipinski definition) is 8. The van der Waals surface area contributed by atoms with Gasteiger partial charge in [0.25, 0.3) is 0 Å². The second kappa shape index (κ2) is 10.5. The molecule has 1 saturated heterocycles. The van der Waals surface area contributed by atoms with Crippen molar-refractivity contribution in [1.29, 1.82) is 0 Å². The largest absolute Gasteiger partial charge is 0.495 e. The Balaban J connectivity index is 1.69. The number of methoxy groups -OCH3 is 1. The summed E-state index contributed by atoms with van der Waals surface area (Å²) < 4.78 is 5.21. The molecule has 158 valence electrons. The number of nitrogens with one attached hydrogen (secondary N) is 3. The molecule has 3 rings (SSSR count). The van der Waals surface area contributed by atoms with Crippen LogP contribution < -0.4 is 20.7 Å². The first-order chi connectivity index (χ1) is 14.1. The molecule has 1 aromatic heterocycles. The molecule has 0 amide bonds. The summed E-state index contributed by atoms with van der Waals surface area (Å²) in [5.74, 6) is 2.36. The maximum atomic E-state index is 6.22. The first-order valence-corrected chi connectivity index (χ1v) is 10.5. The Morgan fingerprint density at radius 1 is 1.10 bits per heavy atom. The second-order valence-corrected chi connectivity index (χ2v) is 7.68. The second-order valence-electron chi connectivity index (χ2n) is 7.28. The third-order valence-electron chi connectivity index (χ3n) is 4.89. The van der Waals surface area contributed by atoms with Gasteiger partial charge in [-0.1, -0.05) is 24.6 Å². The molecule has 29 heavy (non-hydrogen) atoms. The van der Waals surface area contributed by atoms with E-state index in [0.29, 0.717) is 41.2 Å². The van der Waals surface area contributed by atoms with E-state index in [-0.39, 0.29) is 0 Å².